The van der Waals surface area contributed by atoms with Crippen molar-refractivity contribution in [3.63, 3.8) is 0 Å². The Morgan fingerprint density at radius 1 is 1.35 bits per heavy atom. The summed E-state index contributed by atoms with van der Waals surface area (Å²) in [6.07, 6.45) is 4.84. The van der Waals surface area contributed by atoms with Gasteiger partial charge in [0.25, 0.3) is 0 Å². The van der Waals surface area contributed by atoms with Crippen molar-refractivity contribution < 1.29 is 4.42 Å². The highest BCUT2D eigenvalue weighted by atomic mass is 16.3. The first-order valence-corrected chi connectivity index (χ1v) is 7.85. The summed E-state index contributed by atoms with van der Waals surface area (Å²) in [5.41, 5.74) is 1.87. The Morgan fingerprint density at radius 3 is 2.85 bits per heavy atom. The van der Waals surface area contributed by atoms with Crippen LogP contribution >= 0.6 is 0 Å². The molecule has 0 amide bonds. The van der Waals surface area contributed by atoms with E-state index in [0.717, 1.165) is 35.9 Å². The zero-order valence-corrected chi connectivity index (χ0v) is 12.4. The molecule has 1 fully saturated rings. The third-order valence-electron chi connectivity index (χ3n) is 4.39. The molecule has 3 heteroatoms. The SMILES string of the molecule is CCCNC(Cc1nc2ccccc2o1)C(C)C1CC1. The maximum Gasteiger partial charge on any atom is 0.197 e. The third-order valence-corrected chi connectivity index (χ3v) is 4.39. The summed E-state index contributed by atoms with van der Waals surface area (Å²) >= 11 is 0. The van der Waals surface area contributed by atoms with Crippen LogP contribution in [0.3, 0.4) is 0 Å². The second kappa shape index (κ2) is 5.96. The minimum absolute atomic E-state index is 0.482. The second-order valence-electron chi connectivity index (χ2n) is 6.04. The van der Waals surface area contributed by atoms with Crippen molar-refractivity contribution in [1.82, 2.24) is 10.3 Å². The molecule has 0 aliphatic heterocycles. The third kappa shape index (κ3) is 3.04. The maximum absolute atomic E-state index is 5.88. The topological polar surface area (TPSA) is 38.1 Å². The predicted octanol–water partition coefficient (Wildman–Crippen LogP) is 3.78. The van der Waals surface area contributed by atoms with Crippen molar-refractivity contribution in [2.75, 3.05) is 6.54 Å². The summed E-state index contributed by atoms with van der Waals surface area (Å²) in [5, 5.41) is 3.68. The van der Waals surface area contributed by atoms with Crippen LogP contribution in [0.4, 0.5) is 0 Å². The molecule has 0 radical (unpaired) electrons. The van der Waals surface area contributed by atoms with Gasteiger partial charge in [-0.05, 0) is 49.8 Å². The lowest BCUT2D eigenvalue weighted by molar-refractivity contribution is 0.320. The monoisotopic (exact) mass is 272 g/mol. The van der Waals surface area contributed by atoms with Crippen molar-refractivity contribution in [3.05, 3.63) is 30.2 Å². The number of nitrogens with one attached hydrogen (secondary N) is 1. The average molecular weight is 272 g/mol. The molecule has 0 saturated heterocycles. The van der Waals surface area contributed by atoms with Crippen LogP contribution in [0.15, 0.2) is 28.7 Å². The second-order valence-corrected chi connectivity index (χ2v) is 6.04. The number of benzene rings is 1. The zero-order chi connectivity index (χ0) is 13.9. The number of para-hydroxylation sites is 2. The van der Waals surface area contributed by atoms with Crippen molar-refractivity contribution in [1.29, 1.82) is 0 Å². The molecule has 0 spiro atoms. The average Bonchev–Trinajstić information content (AvgIpc) is 3.22. The van der Waals surface area contributed by atoms with Gasteiger partial charge in [-0.15, -0.1) is 0 Å². The lowest BCUT2D eigenvalue weighted by Gasteiger charge is -2.24. The molecule has 108 valence electrons. The highest BCUT2D eigenvalue weighted by molar-refractivity contribution is 5.72. The van der Waals surface area contributed by atoms with Gasteiger partial charge in [0.15, 0.2) is 11.5 Å². The molecule has 20 heavy (non-hydrogen) atoms. The highest BCUT2D eigenvalue weighted by Gasteiger charge is 2.33. The molecular weight excluding hydrogens is 248 g/mol. The molecule has 1 heterocycles. The first-order valence-electron chi connectivity index (χ1n) is 7.85. The molecule has 1 aliphatic carbocycles. The van der Waals surface area contributed by atoms with E-state index < -0.39 is 0 Å². The molecule has 2 aromatic rings. The van der Waals surface area contributed by atoms with Crippen LogP contribution in [0, 0.1) is 11.8 Å². The highest BCUT2D eigenvalue weighted by Crippen LogP contribution is 2.38. The van der Waals surface area contributed by atoms with Gasteiger partial charge in [0.05, 0.1) is 0 Å². The van der Waals surface area contributed by atoms with Gasteiger partial charge in [-0.3, -0.25) is 0 Å². The fourth-order valence-electron chi connectivity index (χ4n) is 2.92. The van der Waals surface area contributed by atoms with Crippen molar-refractivity contribution >= 4 is 11.1 Å². The molecule has 1 aromatic carbocycles. The summed E-state index contributed by atoms with van der Waals surface area (Å²) in [4.78, 5) is 4.62. The Morgan fingerprint density at radius 2 is 2.15 bits per heavy atom. The van der Waals surface area contributed by atoms with E-state index in [1.165, 1.54) is 19.3 Å². The van der Waals surface area contributed by atoms with Gasteiger partial charge in [-0.2, -0.15) is 0 Å². The molecule has 2 unspecified atom stereocenters. The van der Waals surface area contributed by atoms with Crippen LogP contribution in [-0.2, 0) is 6.42 Å². The van der Waals surface area contributed by atoms with Crippen LogP contribution < -0.4 is 5.32 Å². The minimum Gasteiger partial charge on any atom is -0.441 e. The van der Waals surface area contributed by atoms with E-state index >= 15 is 0 Å². The van der Waals surface area contributed by atoms with Crippen LogP contribution in [0.1, 0.15) is 39.0 Å². The Hall–Kier alpha value is -1.35. The Balaban J connectivity index is 1.73. The molecule has 1 saturated carbocycles. The lowest BCUT2D eigenvalue weighted by atomic mass is 9.94. The van der Waals surface area contributed by atoms with E-state index in [1.807, 2.05) is 24.3 Å². The quantitative estimate of drug-likeness (QED) is 0.833. The number of aromatic nitrogens is 1. The van der Waals surface area contributed by atoms with Crippen molar-refractivity contribution in [3.8, 4) is 0 Å². The van der Waals surface area contributed by atoms with E-state index in [9.17, 15) is 0 Å². The number of fused-ring (bicyclic) bond motifs is 1. The van der Waals surface area contributed by atoms with Crippen molar-refractivity contribution in [2.45, 2.75) is 45.6 Å². The summed E-state index contributed by atoms with van der Waals surface area (Å²) in [5.74, 6) is 2.47. The first-order chi connectivity index (χ1) is 9.78. The summed E-state index contributed by atoms with van der Waals surface area (Å²) in [6, 6.07) is 8.49. The van der Waals surface area contributed by atoms with Crippen LogP contribution in [-0.4, -0.2) is 17.6 Å². The van der Waals surface area contributed by atoms with Gasteiger partial charge in [0.1, 0.15) is 5.52 Å². The van der Waals surface area contributed by atoms with Gasteiger partial charge < -0.3 is 9.73 Å². The summed E-state index contributed by atoms with van der Waals surface area (Å²) in [6.45, 7) is 5.65. The standard InChI is InChI=1S/C17H24N2O/c1-3-10-18-15(12(2)13-8-9-13)11-17-19-14-6-4-5-7-16(14)20-17/h4-7,12-13,15,18H,3,8-11H2,1-2H3. The van der Waals surface area contributed by atoms with Gasteiger partial charge in [0, 0.05) is 12.5 Å². The van der Waals surface area contributed by atoms with E-state index in [2.05, 4.69) is 24.1 Å². The van der Waals surface area contributed by atoms with Gasteiger partial charge in [-0.1, -0.05) is 26.0 Å². The lowest BCUT2D eigenvalue weighted by Crippen LogP contribution is -2.38. The molecule has 3 rings (SSSR count). The van der Waals surface area contributed by atoms with E-state index in [4.69, 9.17) is 4.42 Å². The number of oxazole rings is 1. The van der Waals surface area contributed by atoms with Gasteiger partial charge in [-0.25, -0.2) is 4.98 Å². The molecule has 2 atom stereocenters. The molecule has 3 nitrogen and oxygen atoms in total. The van der Waals surface area contributed by atoms with E-state index in [-0.39, 0.29) is 0 Å². The number of rotatable bonds is 7. The van der Waals surface area contributed by atoms with Gasteiger partial charge >= 0.3 is 0 Å². The van der Waals surface area contributed by atoms with Crippen LogP contribution in [0.5, 0.6) is 0 Å². The Bertz CT molecular complexity index is 526. The number of hydrogen-bond donors (Lipinski definition) is 1. The van der Waals surface area contributed by atoms with E-state index in [1.54, 1.807) is 0 Å². The predicted molar refractivity (Wildman–Crippen MR) is 81.7 cm³/mol. The first kappa shape index (κ1) is 13.6. The molecular formula is C17H24N2O. The summed E-state index contributed by atoms with van der Waals surface area (Å²) < 4.78 is 5.88. The fourth-order valence-corrected chi connectivity index (χ4v) is 2.92. The van der Waals surface area contributed by atoms with Gasteiger partial charge in [0.2, 0.25) is 0 Å². The molecule has 1 aliphatic rings. The van der Waals surface area contributed by atoms with Crippen LogP contribution in [0.2, 0.25) is 0 Å². The fraction of sp³-hybridized carbons (Fsp3) is 0.588. The van der Waals surface area contributed by atoms with Crippen molar-refractivity contribution in [2.24, 2.45) is 11.8 Å². The van der Waals surface area contributed by atoms with Crippen LogP contribution in [0.25, 0.3) is 11.1 Å². The molecule has 1 N–H and O–H groups in total. The number of nitrogens with zero attached hydrogens (tertiary/aromatic N) is 1. The smallest absolute Gasteiger partial charge is 0.197 e. The maximum atomic E-state index is 5.88. The Kier molecular flexibility index (Phi) is 4.06. The summed E-state index contributed by atoms with van der Waals surface area (Å²) in [7, 11) is 0. The minimum atomic E-state index is 0.482. The number of hydrogen-bond acceptors (Lipinski definition) is 3. The largest absolute Gasteiger partial charge is 0.441 e. The normalized spacial score (nSPS) is 18.3. The zero-order valence-electron chi connectivity index (χ0n) is 12.4. The van der Waals surface area contributed by atoms with E-state index in [0.29, 0.717) is 12.0 Å². The molecule has 1 aromatic heterocycles. The Labute approximate surface area is 120 Å². The molecule has 0 bridgehead atoms.